The molecule has 2 aromatic carbocycles. The molecule has 0 saturated carbocycles. The Balaban J connectivity index is 1.71. The number of urea groups is 1. The van der Waals surface area contributed by atoms with Crippen LogP contribution in [0.3, 0.4) is 0 Å². The number of halogens is 2. The van der Waals surface area contributed by atoms with Gasteiger partial charge in [0.1, 0.15) is 12.1 Å². The molecular weight excluding hydrogens is 446 g/mol. The Morgan fingerprint density at radius 2 is 1.96 bits per heavy atom. The molecule has 146 valence electrons. The minimum absolute atomic E-state index is 0.316. The van der Waals surface area contributed by atoms with Crippen molar-refractivity contribution in [2.24, 2.45) is 0 Å². The first-order chi connectivity index (χ1) is 13.2. The summed E-state index contributed by atoms with van der Waals surface area (Å²) in [5.74, 6) is -0.907. The van der Waals surface area contributed by atoms with Crippen LogP contribution < -0.4 is 10.6 Å². The van der Waals surface area contributed by atoms with E-state index in [0.29, 0.717) is 10.6 Å². The lowest BCUT2D eigenvalue weighted by molar-refractivity contribution is -0.135. The zero-order valence-electron chi connectivity index (χ0n) is 15.3. The molecule has 8 heteroatoms. The minimum atomic E-state index is -1.22. The van der Waals surface area contributed by atoms with Crippen LogP contribution in [0.15, 0.2) is 53.0 Å². The van der Waals surface area contributed by atoms with E-state index in [-0.39, 0.29) is 12.6 Å². The Morgan fingerprint density at radius 1 is 1.25 bits per heavy atom. The van der Waals surface area contributed by atoms with Gasteiger partial charge >= 0.3 is 6.03 Å². The van der Waals surface area contributed by atoms with E-state index >= 15 is 0 Å². The fourth-order valence-corrected chi connectivity index (χ4v) is 3.72. The number of carbonyl (C=O) groups excluding carboxylic acids is 3. The largest absolute Gasteiger partial charge is 0.348 e. The van der Waals surface area contributed by atoms with E-state index in [9.17, 15) is 14.4 Å². The smallest absolute Gasteiger partial charge is 0.325 e. The van der Waals surface area contributed by atoms with Crippen molar-refractivity contribution in [3.63, 3.8) is 0 Å². The molecule has 28 heavy (non-hydrogen) atoms. The molecule has 4 amide bonds. The number of imide groups is 1. The van der Waals surface area contributed by atoms with Crippen LogP contribution in [0.5, 0.6) is 0 Å². The van der Waals surface area contributed by atoms with Crippen molar-refractivity contribution in [2.75, 3.05) is 6.54 Å². The van der Waals surface area contributed by atoms with Crippen molar-refractivity contribution in [1.82, 2.24) is 15.5 Å². The van der Waals surface area contributed by atoms with Gasteiger partial charge in [0.05, 0.1) is 6.04 Å². The van der Waals surface area contributed by atoms with Crippen LogP contribution in [0.1, 0.15) is 31.0 Å². The predicted octanol–water partition coefficient (Wildman–Crippen LogP) is 3.75. The quantitative estimate of drug-likeness (QED) is 0.662. The maximum atomic E-state index is 12.9. The summed E-state index contributed by atoms with van der Waals surface area (Å²) in [4.78, 5) is 38.7. The summed E-state index contributed by atoms with van der Waals surface area (Å²) in [6, 6.07) is 13.4. The highest BCUT2D eigenvalue weighted by Crippen LogP contribution is 2.30. The van der Waals surface area contributed by atoms with Gasteiger partial charge in [-0.3, -0.25) is 14.5 Å². The van der Waals surface area contributed by atoms with Crippen molar-refractivity contribution >= 4 is 45.4 Å². The number of carbonyl (C=O) groups is 3. The Kier molecular flexibility index (Phi) is 5.76. The van der Waals surface area contributed by atoms with Crippen molar-refractivity contribution in [3.05, 3.63) is 69.2 Å². The average molecular weight is 465 g/mol. The molecule has 1 saturated heterocycles. The molecule has 1 aliphatic rings. The van der Waals surface area contributed by atoms with Gasteiger partial charge in [-0.2, -0.15) is 0 Å². The number of benzene rings is 2. The summed E-state index contributed by atoms with van der Waals surface area (Å²) in [6.07, 6.45) is 0. The van der Waals surface area contributed by atoms with Crippen LogP contribution >= 0.6 is 27.5 Å². The van der Waals surface area contributed by atoms with Crippen molar-refractivity contribution in [2.45, 2.75) is 25.4 Å². The highest BCUT2D eigenvalue weighted by molar-refractivity contribution is 9.10. The average Bonchev–Trinajstić information content (AvgIpc) is 2.86. The van der Waals surface area contributed by atoms with Gasteiger partial charge in [0, 0.05) is 9.50 Å². The van der Waals surface area contributed by atoms with E-state index in [1.54, 1.807) is 50.2 Å². The van der Waals surface area contributed by atoms with E-state index in [1.165, 1.54) is 0 Å². The van der Waals surface area contributed by atoms with Gasteiger partial charge in [-0.05, 0) is 49.2 Å². The van der Waals surface area contributed by atoms with Crippen LogP contribution in [0.2, 0.25) is 5.02 Å². The van der Waals surface area contributed by atoms with Crippen molar-refractivity contribution in [1.29, 1.82) is 0 Å². The van der Waals surface area contributed by atoms with E-state index in [0.717, 1.165) is 14.9 Å². The van der Waals surface area contributed by atoms with Gasteiger partial charge in [0.15, 0.2) is 0 Å². The minimum Gasteiger partial charge on any atom is -0.348 e. The zero-order valence-corrected chi connectivity index (χ0v) is 17.7. The molecule has 0 bridgehead atoms. The summed E-state index contributed by atoms with van der Waals surface area (Å²) in [7, 11) is 0. The molecule has 1 aliphatic heterocycles. The maximum absolute atomic E-state index is 12.9. The number of nitrogens with one attached hydrogen (secondary N) is 2. The third-order valence-corrected chi connectivity index (χ3v) is 5.43. The number of hydrogen-bond acceptors (Lipinski definition) is 3. The summed E-state index contributed by atoms with van der Waals surface area (Å²) in [5.41, 5.74) is 0.243. The molecule has 2 atom stereocenters. The molecule has 0 radical (unpaired) electrons. The molecule has 2 unspecified atom stereocenters. The molecule has 1 heterocycles. The van der Waals surface area contributed by atoms with Crippen LogP contribution in [-0.2, 0) is 15.1 Å². The predicted molar refractivity (Wildman–Crippen MR) is 110 cm³/mol. The van der Waals surface area contributed by atoms with Crippen LogP contribution in [0, 0.1) is 0 Å². The number of nitrogens with zero attached hydrogens (tertiary/aromatic N) is 1. The molecule has 0 aromatic heterocycles. The molecule has 0 aliphatic carbocycles. The van der Waals surface area contributed by atoms with Crippen LogP contribution in [0.25, 0.3) is 0 Å². The summed E-state index contributed by atoms with van der Waals surface area (Å²) in [6.45, 7) is 3.07. The first kappa shape index (κ1) is 20.4. The lowest BCUT2D eigenvalue weighted by Gasteiger charge is -2.22. The maximum Gasteiger partial charge on any atom is 0.325 e. The third kappa shape index (κ3) is 4.05. The zero-order chi connectivity index (χ0) is 20.5. The van der Waals surface area contributed by atoms with Crippen LogP contribution in [-0.4, -0.2) is 29.3 Å². The van der Waals surface area contributed by atoms with Gasteiger partial charge in [-0.25, -0.2) is 4.79 Å². The second-order valence-electron chi connectivity index (χ2n) is 6.80. The van der Waals surface area contributed by atoms with E-state index in [4.69, 9.17) is 11.6 Å². The van der Waals surface area contributed by atoms with Gasteiger partial charge in [-0.15, -0.1) is 0 Å². The van der Waals surface area contributed by atoms with Crippen LogP contribution in [0.4, 0.5) is 4.79 Å². The summed E-state index contributed by atoms with van der Waals surface area (Å²) >= 11 is 9.35. The highest BCUT2D eigenvalue weighted by atomic mass is 79.9. The Hall–Kier alpha value is -2.38. The molecule has 6 nitrogen and oxygen atoms in total. The van der Waals surface area contributed by atoms with Gasteiger partial charge in [0.25, 0.3) is 5.91 Å². The standard InChI is InChI=1S/C20H19BrClN3O3/c1-12(13-5-3-8-16(22)9-13)23-17(26)11-25-18(27)20(2,24-19(25)28)14-6-4-7-15(21)10-14/h3-10,12H,11H2,1-2H3,(H,23,26)(H,24,28). The van der Waals surface area contributed by atoms with Gasteiger partial charge < -0.3 is 10.6 Å². The van der Waals surface area contributed by atoms with E-state index < -0.39 is 23.4 Å². The van der Waals surface area contributed by atoms with E-state index in [2.05, 4.69) is 26.6 Å². The normalized spacial score (nSPS) is 20.1. The Labute approximate surface area is 176 Å². The van der Waals surface area contributed by atoms with Crippen molar-refractivity contribution in [3.8, 4) is 0 Å². The van der Waals surface area contributed by atoms with Gasteiger partial charge in [-0.1, -0.05) is 51.8 Å². The first-order valence-electron chi connectivity index (χ1n) is 8.65. The number of rotatable bonds is 5. The fraction of sp³-hybridized carbons (Fsp3) is 0.250. The fourth-order valence-electron chi connectivity index (χ4n) is 3.13. The molecular formula is C20H19BrClN3O3. The third-order valence-electron chi connectivity index (χ3n) is 4.70. The van der Waals surface area contributed by atoms with Gasteiger partial charge in [0.2, 0.25) is 5.91 Å². The Bertz CT molecular complexity index is 952. The number of hydrogen-bond donors (Lipinski definition) is 2. The lowest BCUT2D eigenvalue weighted by Crippen LogP contribution is -2.43. The van der Waals surface area contributed by atoms with Crippen molar-refractivity contribution < 1.29 is 14.4 Å². The second kappa shape index (κ2) is 7.93. The van der Waals surface area contributed by atoms with E-state index in [1.807, 2.05) is 12.1 Å². The molecule has 2 aromatic rings. The topological polar surface area (TPSA) is 78.5 Å². The summed E-state index contributed by atoms with van der Waals surface area (Å²) < 4.78 is 0.791. The molecule has 1 fully saturated rings. The number of amides is 4. The molecule has 3 rings (SSSR count). The molecule has 0 spiro atoms. The SMILES string of the molecule is CC(NC(=O)CN1C(=O)NC(C)(c2cccc(Br)c2)C1=O)c1cccc(Cl)c1. The first-order valence-corrected chi connectivity index (χ1v) is 9.83. The summed E-state index contributed by atoms with van der Waals surface area (Å²) in [5, 5.41) is 6.05. The second-order valence-corrected chi connectivity index (χ2v) is 8.15. The lowest BCUT2D eigenvalue weighted by atomic mass is 9.92. The molecule has 2 N–H and O–H groups in total. The Morgan fingerprint density at radius 3 is 2.64 bits per heavy atom. The highest BCUT2D eigenvalue weighted by Gasteiger charge is 2.49. The monoisotopic (exact) mass is 463 g/mol.